The summed E-state index contributed by atoms with van der Waals surface area (Å²) in [6.45, 7) is 2.63. The summed E-state index contributed by atoms with van der Waals surface area (Å²) >= 11 is 6.56. The Kier molecular flexibility index (Phi) is 7.01. The number of nitrogens with two attached hydrogens (primary N) is 1. The number of likely N-dealkylation sites (tertiary alicyclic amines) is 1. The second-order valence-corrected chi connectivity index (χ2v) is 10.8. The highest BCUT2D eigenvalue weighted by molar-refractivity contribution is 6.31. The van der Waals surface area contributed by atoms with Crippen molar-refractivity contribution in [3.8, 4) is 22.7 Å². The summed E-state index contributed by atoms with van der Waals surface area (Å²) in [6.07, 6.45) is 5.69. The molecule has 0 unspecified atom stereocenters. The van der Waals surface area contributed by atoms with E-state index in [2.05, 4.69) is 20.0 Å². The number of hydrogen-bond acceptors (Lipinski definition) is 8. The Morgan fingerprint density at radius 1 is 1.07 bits per heavy atom. The molecule has 0 atom stereocenters. The molecule has 0 spiro atoms. The number of rotatable bonds is 7. The zero-order valence-electron chi connectivity index (χ0n) is 22.1. The number of fused-ring (bicyclic) bond motifs is 1. The van der Waals surface area contributed by atoms with Crippen molar-refractivity contribution in [3.05, 3.63) is 87.8 Å². The van der Waals surface area contributed by atoms with Crippen LogP contribution in [0.15, 0.2) is 70.5 Å². The lowest BCUT2D eigenvalue weighted by molar-refractivity contribution is -0.0364. The van der Waals surface area contributed by atoms with Gasteiger partial charge in [0, 0.05) is 49.4 Å². The van der Waals surface area contributed by atoms with Crippen molar-refractivity contribution in [2.24, 2.45) is 12.8 Å². The Labute approximate surface area is 235 Å². The number of aromatic nitrogens is 5. The maximum Gasteiger partial charge on any atom is 0.281 e. The summed E-state index contributed by atoms with van der Waals surface area (Å²) in [4.78, 5) is 24.4. The van der Waals surface area contributed by atoms with Gasteiger partial charge in [-0.1, -0.05) is 41.9 Å². The molecule has 1 fully saturated rings. The Bertz CT molecular complexity index is 1700. The number of hydrogen-bond donors (Lipinski definition) is 2. The molecule has 2 aromatic carbocycles. The van der Waals surface area contributed by atoms with Gasteiger partial charge in [-0.2, -0.15) is 5.10 Å². The van der Waals surface area contributed by atoms with Gasteiger partial charge in [0.1, 0.15) is 11.8 Å². The van der Waals surface area contributed by atoms with Gasteiger partial charge in [-0.15, -0.1) is 0 Å². The molecule has 1 aliphatic rings. The Morgan fingerprint density at radius 2 is 1.82 bits per heavy atom. The van der Waals surface area contributed by atoms with Crippen molar-refractivity contribution in [2.45, 2.75) is 38.1 Å². The Hall–Kier alpha value is -3.83. The second kappa shape index (κ2) is 10.6. The first-order chi connectivity index (χ1) is 19.3. The van der Waals surface area contributed by atoms with Crippen LogP contribution >= 0.6 is 11.6 Å². The second-order valence-electron chi connectivity index (χ2n) is 10.4. The molecule has 3 aromatic heterocycles. The molecule has 6 rings (SSSR count). The number of halogens is 1. The summed E-state index contributed by atoms with van der Waals surface area (Å²) in [7, 11) is 1.80. The highest BCUT2D eigenvalue weighted by Gasteiger charge is 2.33. The lowest BCUT2D eigenvalue weighted by atomic mass is 9.91. The van der Waals surface area contributed by atoms with E-state index in [9.17, 15) is 9.90 Å². The third-order valence-corrected chi connectivity index (χ3v) is 8.00. The predicted molar refractivity (Wildman–Crippen MR) is 153 cm³/mol. The van der Waals surface area contributed by atoms with Crippen LogP contribution in [0.3, 0.4) is 0 Å². The number of nitrogens with zero attached hydrogens (tertiary/aromatic N) is 6. The van der Waals surface area contributed by atoms with Crippen molar-refractivity contribution in [2.75, 3.05) is 13.1 Å². The van der Waals surface area contributed by atoms with Crippen molar-refractivity contribution in [1.29, 1.82) is 0 Å². The van der Waals surface area contributed by atoms with E-state index in [1.54, 1.807) is 17.9 Å². The van der Waals surface area contributed by atoms with Gasteiger partial charge in [-0.05, 0) is 36.1 Å². The fourth-order valence-corrected chi connectivity index (χ4v) is 5.59. The van der Waals surface area contributed by atoms with E-state index in [1.165, 1.54) is 17.2 Å². The molecule has 10 nitrogen and oxygen atoms in total. The van der Waals surface area contributed by atoms with Crippen LogP contribution in [-0.2, 0) is 26.7 Å². The number of benzene rings is 2. The lowest BCUT2D eigenvalue weighted by Gasteiger charge is -2.38. The van der Waals surface area contributed by atoms with Gasteiger partial charge in [0.2, 0.25) is 5.89 Å². The SMILES string of the molecule is Cn1nc2c(=O)n(CC3(O)CCN(Cc4ccc(-c5ncco5)cc4Cl)CC3)cnc2c1-c1ccc(CN)cc1. The summed E-state index contributed by atoms with van der Waals surface area (Å²) in [5.74, 6) is 0.530. The predicted octanol–water partition coefficient (Wildman–Crippen LogP) is 3.59. The van der Waals surface area contributed by atoms with Crippen molar-refractivity contribution in [1.82, 2.24) is 29.2 Å². The molecule has 5 aromatic rings. The van der Waals surface area contributed by atoms with E-state index in [4.69, 9.17) is 21.8 Å². The van der Waals surface area contributed by atoms with Crippen LogP contribution in [0.4, 0.5) is 0 Å². The van der Waals surface area contributed by atoms with Crippen LogP contribution in [0.25, 0.3) is 33.7 Å². The standard InChI is InChI=1S/C29H30ClN7O3/c1-35-26(20-4-2-19(15-31)3-5-20)24-25(34-35)28(38)37(18-33-24)17-29(39)8-11-36(12-9-29)16-22-7-6-21(14-23(22)30)27-32-10-13-40-27/h2-7,10,13-14,18,39H,8-9,11-12,15-17,31H2,1H3. The van der Waals surface area contributed by atoms with Gasteiger partial charge in [-0.25, -0.2) is 9.97 Å². The number of oxazole rings is 1. The first-order valence-corrected chi connectivity index (χ1v) is 13.6. The van der Waals surface area contributed by atoms with Gasteiger partial charge >= 0.3 is 0 Å². The van der Waals surface area contributed by atoms with E-state index >= 15 is 0 Å². The molecule has 0 amide bonds. The minimum absolute atomic E-state index is 0.158. The number of piperidine rings is 1. The van der Waals surface area contributed by atoms with Gasteiger partial charge in [0.05, 0.1) is 30.4 Å². The van der Waals surface area contributed by atoms with Crippen molar-refractivity contribution >= 4 is 22.6 Å². The molecule has 206 valence electrons. The summed E-state index contributed by atoms with van der Waals surface area (Å²) < 4.78 is 8.51. The van der Waals surface area contributed by atoms with Crippen molar-refractivity contribution in [3.63, 3.8) is 0 Å². The first kappa shape index (κ1) is 26.4. The van der Waals surface area contributed by atoms with Crippen molar-refractivity contribution < 1.29 is 9.52 Å². The third-order valence-electron chi connectivity index (χ3n) is 7.65. The maximum absolute atomic E-state index is 13.4. The van der Waals surface area contributed by atoms with Gasteiger partial charge in [0.25, 0.3) is 5.56 Å². The highest BCUT2D eigenvalue weighted by atomic mass is 35.5. The van der Waals surface area contributed by atoms with E-state index < -0.39 is 5.60 Å². The van der Waals surface area contributed by atoms with E-state index in [0.717, 1.165) is 27.9 Å². The number of aryl methyl sites for hydroxylation is 1. The molecule has 3 N–H and O–H groups in total. The van der Waals surface area contributed by atoms with Gasteiger partial charge in [-0.3, -0.25) is 18.9 Å². The summed E-state index contributed by atoms with van der Waals surface area (Å²) in [6, 6.07) is 13.6. The van der Waals surface area contributed by atoms with Crippen LogP contribution in [0, 0.1) is 0 Å². The molecule has 0 aliphatic carbocycles. The molecule has 0 radical (unpaired) electrons. The molecular weight excluding hydrogens is 530 g/mol. The average molecular weight is 560 g/mol. The summed E-state index contributed by atoms with van der Waals surface area (Å²) in [5.41, 5.74) is 9.78. The maximum atomic E-state index is 13.4. The lowest BCUT2D eigenvalue weighted by Crippen LogP contribution is -2.47. The summed E-state index contributed by atoms with van der Waals surface area (Å²) in [5, 5.41) is 16.5. The monoisotopic (exact) mass is 559 g/mol. The van der Waals surface area contributed by atoms with Crippen LogP contribution in [0.5, 0.6) is 0 Å². The van der Waals surface area contributed by atoms with Crippen LogP contribution < -0.4 is 11.3 Å². The molecule has 0 saturated carbocycles. The van der Waals surface area contributed by atoms with E-state index in [-0.39, 0.29) is 17.6 Å². The minimum Gasteiger partial charge on any atom is -0.445 e. The van der Waals surface area contributed by atoms with Gasteiger partial charge in [0.15, 0.2) is 5.52 Å². The Balaban J connectivity index is 1.14. The molecule has 1 saturated heterocycles. The largest absolute Gasteiger partial charge is 0.445 e. The Morgan fingerprint density at radius 3 is 2.50 bits per heavy atom. The molecular formula is C29H30ClN7O3. The number of aliphatic hydroxyl groups is 1. The normalized spacial score (nSPS) is 15.6. The first-order valence-electron chi connectivity index (χ1n) is 13.2. The van der Waals surface area contributed by atoms with E-state index in [0.29, 0.717) is 55.5 Å². The zero-order chi connectivity index (χ0) is 27.9. The average Bonchev–Trinajstić information content (AvgIpc) is 3.61. The quantitative estimate of drug-likeness (QED) is 0.309. The highest BCUT2D eigenvalue weighted by Crippen LogP contribution is 2.30. The molecule has 11 heteroatoms. The van der Waals surface area contributed by atoms with Gasteiger partial charge < -0.3 is 15.3 Å². The van der Waals surface area contributed by atoms with E-state index in [1.807, 2.05) is 42.5 Å². The topological polar surface area (TPSA) is 128 Å². The molecule has 1 aliphatic heterocycles. The molecule has 40 heavy (non-hydrogen) atoms. The fraction of sp³-hybridized carbons (Fsp3) is 0.310. The van der Waals surface area contributed by atoms with Crippen LogP contribution in [0.2, 0.25) is 5.02 Å². The van der Waals surface area contributed by atoms with Crippen LogP contribution in [0.1, 0.15) is 24.0 Å². The minimum atomic E-state index is -1.02. The zero-order valence-corrected chi connectivity index (χ0v) is 22.9. The molecule has 0 bridgehead atoms. The van der Waals surface area contributed by atoms with Crippen LogP contribution in [-0.4, -0.2) is 53.0 Å². The fourth-order valence-electron chi connectivity index (χ4n) is 5.35. The third kappa shape index (κ3) is 5.06. The smallest absolute Gasteiger partial charge is 0.281 e. The molecule has 4 heterocycles.